The van der Waals surface area contributed by atoms with E-state index in [1.165, 1.54) is 0 Å². The number of pyridine rings is 1. The maximum atomic E-state index is 12.3. The number of aromatic nitrogens is 2. The molecule has 21 heavy (non-hydrogen) atoms. The van der Waals surface area contributed by atoms with Gasteiger partial charge in [0, 0.05) is 11.8 Å². The van der Waals surface area contributed by atoms with E-state index >= 15 is 0 Å². The average Bonchev–Trinajstić information content (AvgIpc) is 2.85. The van der Waals surface area contributed by atoms with Gasteiger partial charge in [-0.15, -0.1) is 0 Å². The quantitative estimate of drug-likeness (QED) is 0.913. The predicted octanol–water partition coefficient (Wildman–Crippen LogP) is 2.72. The molecular weight excluding hydrogens is 289 g/mol. The molecule has 0 aliphatic rings. The number of hydrogen-bond acceptors (Lipinski definition) is 4. The number of amides is 2. The lowest BCUT2D eigenvalue weighted by Gasteiger charge is -2.05. The molecule has 0 saturated heterocycles. The number of anilines is 1. The van der Waals surface area contributed by atoms with Crippen LogP contribution < -0.4 is 10.6 Å². The van der Waals surface area contributed by atoms with Crippen LogP contribution in [-0.4, -0.2) is 16.2 Å². The topological polar surface area (TPSA) is 80.0 Å². The first kappa shape index (κ1) is 14.8. The number of alkyl halides is 3. The van der Waals surface area contributed by atoms with Crippen molar-refractivity contribution in [2.75, 3.05) is 5.32 Å². The standard InChI is InChI=1S/C12H11F3N4O2/c1-7-3-2-4-10(17-7)18-11(20)16-6-8-5-9(21-19-8)12(13,14)15/h2-5H,6H2,1H3,(H2,16,17,18,20). The molecule has 112 valence electrons. The zero-order valence-corrected chi connectivity index (χ0v) is 10.9. The summed E-state index contributed by atoms with van der Waals surface area (Å²) in [7, 11) is 0. The largest absolute Gasteiger partial charge is 0.452 e. The van der Waals surface area contributed by atoms with Crippen LogP contribution in [0.4, 0.5) is 23.8 Å². The van der Waals surface area contributed by atoms with Crippen LogP contribution in [0, 0.1) is 6.92 Å². The zero-order valence-electron chi connectivity index (χ0n) is 10.9. The maximum absolute atomic E-state index is 12.3. The van der Waals surface area contributed by atoms with Crippen molar-refractivity contribution >= 4 is 11.8 Å². The highest BCUT2D eigenvalue weighted by molar-refractivity contribution is 5.88. The van der Waals surface area contributed by atoms with Crippen LogP contribution in [-0.2, 0) is 12.7 Å². The molecule has 0 spiro atoms. The second-order valence-electron chi connectivity index (χ2n) is 4.15. The van der Waals surface area contributed by atoms with Crippen molar-refractivity contribution in [3.05, 3.63) is 41.4 Å². The number of urea groups is 1. The van der Waals surface area contributed by atoms with Crippen molar-refractivity contribution in [2.45, 2.75) is 19.6 Å². The smallest absolute Gasteiger partial charge is 0.351 e. The Kier molecular flexibility index (Phi) is 4.10. The van der Waals surface area contributed by atoms with Crippen molar-refractivity contribution in [1.29, 1.82) is 0 Å². The highest BCUT2D eigenvalue weighted by Crippen LogP contribution is 2.29. The zero-order chi connectivity index (χ0) is 15.5. The normalized spacial score (nSPS) is 11.2. The van der Waals surface area contributed by atoms with Crippen LogP contribution in [0.1, 0.15) is 17.1 Å². The van der Waals surface area contributed by atoms with E-state index in [-0.39, 0.29) is 12.2 Å². The van der Waals surface area contributed by atoms with Gasteiger partial charge in [-0.05, 0) is 19.1 Å². The van der Waals surface area contributed by atoms with Gasteiger partial charge in [-0.2, -0.15) is 13.2 Å². The summed E-state index contributed by atoms with van der Waals surface area (Å²) in [5.41, 5.74) is 0.689. The first-order chi connectivity index (χ1) is 9.84. The molecule has 0 aromatic carbocycles. The lowest BCUT2D eigenvalue weighted by atomic mass is 10.3. The lowest BCUT2D eigenvalue weighted by Crippen LogP contribution is -2.28. The van der Waals surface area contributed by atoms with Gasteiger partial charge in [-0.1, -0.05) is 11.2 Å². The third-order valence-corrected chi connectivity index (χ3v) is 2.40. The first-order valence-corrected chi connectivity index (χ1v) is 5.86. The molecule has 0 radical (unpaired) electrons. The second-order valence-corrected chi connectivity index (χ2v) is 4.15. The van der Waals surface area contributed by atoms with Gasteiger partial charge in [0.2, 0.25) is 5.76 Å². The molecule has 2 aromatic heterocycles. The molecular formula is C12H11F3N4O2. The summed E-state index contributed by atoms with van der Waals surface area (Å²) in [6, 6.07) is 5.18. The fourth-order valence-electron chi connectivity index (χ4n) is 1.47. The molecule has 6 nitrogen and oxygen atoms in total. The summed E-state index contributed by atoms with van der Waals surface area (Å²) in [6.45, 7) is 1.56. The van der Waals surface area contributed by atoms with Crippen LogP contribution >= 0.6 is 0 Å². The van der Waals surface area contributed by atoms with Gasteiger partial charge in [-0.25, -0.2) is 9.78 Å². The second kappa shape index (κ2) is 5.81. The minimum absolute atomic E-state index is 0.0327. The molecule has 2 amide bonds. The summed E-state index contributed by atoms with van der Waals surface area (Å²) in [5, 5.41) is 8.02. The van der Waals surface area contributed by atoms with Gasteiger partial charge in [0.15, 0.2) is 0 Å². The van der Waals surface area contributed by atoms with Gasteiger partial charge in [0.05, 0.1) is 6.54 Å². The molecule has 0 fully saturated rings. The van der Waals surface area contributed by atoms with Crippen LogP contribution in [0.15, 0.2) is 28.8 Å². The molecule has 2 heterocycles. The minimum Gasteiger partial charge on any atom is -0.351 e. The Morgan fingerprint density at radius 2 is 2.14 bits per heavy atom. The van der Waals surface area contributed by atoms with Crippen molar-refractivity contribution < 1.29 is 22.5 Å². The summed E-state index contributed by atoms with van der Waals surface area (Å²) in [4.78, 5) is 15.6. The number of carbonyl (C=O) groups is 1. The van der Waals surface area contributed by atoms with E-state index < -0.39 is 18.0 Å². The SMILES string of the molecule is Cc1cccc(NC(=O)NCc2cc(C(F)(F)F)on2)n1. The molecule has 2 rings (SSSR count). The third-order valence-electron chi connectivity index (χ3n) is 2.40. The highest BCUT2D eigenvalue weighted by atomic mass is 19.4. The molecule has 0 aliphatic carbocycles. The summed E-state index contributed by atoms with van der Waals surface area (Å²) in [5.74, 6) is -0.872. The summed E-state index contributed by atoms with van der Waals surface area (Å²) in [6.07, 6.45) is -4.60. The van der Waals surface area contributed by atoms with E-state index in [1.807, 2.05) is 0 Å². The van der Waals surface area contributed by atoms with Crippen LogP contribution in [0.25, 0.3) is 0 Å². The number of carbonyl (C=O) groups excluding carboxylic acids is 1. The van der Waals surface area contributed by atoms with Crippen molar-refractivity contribution in [3.8, 4) is 0 Å². The molecule has 0 atom stereocenters. The molecule has 0 unspecified atom stereocenters. The molecule has 0 bridgehead atoms. The Hall–Kier alpha value is -2.58. The van der Waals surface area contributed by atoms with Crippen LogP contribution in [0.3, 0.4) is 0 Å². The van der Waals surface area contributed by atoms with Crippen LogP contribution in [0.2, 0.25) is 0 Å². The van der Waals surface area contributed by atoms with Crippen molar-refractivity contribution in [3.63, 3.8) is 0 Å². The maximum Gasteiger partial charge on any atom is 0.452 e. The lowest BCUT2D eigenvalue weighted by molar-refractivity contribution is -0.155. The fourth-order valence-corrected chi connectivity index (χ4v) is 1.47. The van der Waals surface area contributed by atoms with Gasteiger partial charge in [-0.3, -0.25) is 5.32 Å². The minimum atomic E-state index is -4.60. The Bertz CT molecular complexity index is 639. The highest BCUT2D eigenvalue weighted by Gasteiger charge is 2.36. The Morgan fingerprint density at radius 3 is 2.76 bits per heavy atom. The molecule has 0 aliphatic heterocycles. The third kappa shape index (κ3) is 4.20. The molecule has 0 saturated carbocycles. The van der Waals surface area contributed by atoms with E-state index in [0.29, 0.717) is 5.82 Å². The van der Waals surface area contributed by atoms with E-state index in [9.17, 15) is 18.0 Å². The number of halogens is 3. The van der Waals surface area contributed by atoms with E-state index in [0.717, 1.165) is 11.8 Å². The van der Waals surface area contributed by atoms with Crippen molar-refractivity contribution in [1.82, 2.24) is 15.5 Å². The van der Waals surface area contributed by atoms with Crippen molar-refractivity contribution in [2.24, 2.45) is 0 Å². The number of nitrogens with one attached hydrogen (secondary N) is 2. The monoisotopic (exact) mass is 300 g/mol. The first-order valence-electron chi connectivity index (χ1n) is 5.86. The number of nitrogens with zero attached hydrogens (tertiary/aromatic N) is 2. The fraction of sp³-hybridized carbons (Fsp3) is 0.250. The predicted molar refractivity (Wildman–Crippen MR) is 66.3 cm³/mol. The molecule has 2 aromatic rings. The van der Waals surface area contributed by atoms with E-state index in [1.54, 1.807) is 25.1 Å². The Balaban J connectivity index is 1.88. The number of rotatable bonds is 3. The summed E-state index contributed by atoms with van der Waals surface area (Å²) >= 11 is 0. The number of hydrogen-bond donors (Lipinski definition) is 2. The Morgan fingerprint density at radius 1 is 1.38 bits per heavy atom. The summed E-state index contributed by atoms with van der Waals surface area (Å²) < 4.78 is 41.0. The van der Waals surface area contributed by atoms with Gasteiger partial charge < -0.3 is 9.84 Å². The number of aryl methyl sites for hydroxylation is 1. The van der Waals surface area contributed by atoms with E-state index in [2.05, 4.69) is 25.3 Å². The molecule has 9 heteroatoms. The van der Waals surface area contributed by atoms with Gasteiger partial charge in [0.25, 0.3) is 0 Å². The van der Waals surface area contributed by atoms with Gasteiger partial charge >= 0.3 is 12.2 Å². The van der Waals surface area contributed by atoms with E-state index in [4.69, 9.17) is 0 Å². The van der Waals surface area contributed by atoms with Gasteiger partial charge in [0.1, 0.15) is 11.5 Å². The molecule has 2 N–H and O–H groups in total. The Labute approximate surface area is 117 Å². The van der Waals surface area contributed by atoms with Crippen LogP contribution in [0.5, 0.6) is 0 Å². The average molecular weight is 300 g/mol.